The number of rotatable bonds is 0. The highest BCUT2D eigenvalue weighted by Gasteiger charge is 2.13. The zero-order chi connectivity index (χ0) is 11.3. The molecule has 0 atom stereocenters. The second-order valence-electron chi connectivity index (χ2n) is 3.79. The van der Waals surface area contributed by atoms with Gasteiger partial charge in [0.2, 0.25) is 0 Å². The van der Waals surface area contributed by atoms with Gasteiger partial charge in [0.15, 0.2) is 0 Å². The van der Waals surface area contributed by atoms with Gasteiger partial charge in [0.25, 0.3) is 0 Å². The van der Waals surface area contributed by atoms with Crippen molar-refractivity contribution in [2.24, 2.45) is 0 Å². The molecule has 2 aromatic carbocycles. The van der Waals surface area contributed by atoms with E-state index in [9.17, 15) is 0 Å². The molecular formula is C13H8BrClO. The van der Waals surface area contributed by atoms with Crippen LogP contribution in [-0.4, -0.2) is 0 Å². The van der Waals surface area contributed by atoms with Gasteiger partial charge in [-0.2, -0.15) is 0 Å². The van der Waals surface area contributed by atoms with E-state index in [0.717, 1.165) is 37.0 Å². The Morgan fingerprint density at radius 3 is 2.75 bits per heavy atom. The lowest BCUT2D eigenvalue weighted by Crippen LogP contribution is -1.74. The second kappa shape index (κ2) is 3.51. The van der Waals surface area contributed by atoms with E-state index in [-0.39, 0.29) is 0 Å². The van der Waals surface area contributed by atoms with E-state index in [0.29, 0.717) is 0 Å². The van der Waals surface area contributed by atoms with Gasteiger partial charge in [0.1, 0.15) is 11.2 Å². The predicted molar refractivity (Wildman–Crippen MR) is 71.2 cm³/mol. The molecule has 0 aliphatic heterocycles. The number of fused-ring (bicyclic) bond motifs is 3. The molecule has 0 N–H and O–H groups in total. The summed E-state index contributed by atoms with van der Waals surface area (Å²) in [6.45, 7) is 2.02. The van der Waals surface area contributed by atoms with Crippen LogP contribution in [0.2, 0.25) is 5.02 Å². The third-order valence-electron chi connectivity index (χ3n) is 2.74. The number of hydrogen-bond acceptors (Lipinski definition) is 1. The summed E-state index contributed by atoms with van der Waals surface area (Å²) in [5.41, 5.74) is 2.82. The zero-order valence-electron chi connectivity index (χ0n) is 8.55. The SMILES string of the molecule is Cc1ccc(Cl)c2c1oc1c(Br)cccc12. The summed E-state index contributed by atoms with van der Waals surface area (Å²) in [4.78, 5) is 0. The van der Waals surface area contributed by atoms with Crippen LogP contribution in [0.25, 0.3) is 21.9 Å². The molecule has 3 rings (SSSR count). The summed E-state index contributed by atoms with van der Waals surface area (Å²) >= 11 is 9.71. The molecule has 0 unspecified atom stereocenters. The minimum atomic E-state index is 0.734. The van der Waals surface area contributed by atoms with E-state index in [2.05, 4.69) is 15.9 Å². The summed E-state index contributed by atoms with van der Waals surface area (Å²) in [7, 11) is 0. The van der Waals surface area contributed by atoms with Gasteiger partial charge < -0.3 is 4.42 Å². The third kappa shape index (κ3) is 1.30. The summed E-state index contributed by atoms with van der Waals surface area (Å²) in [5, 5.41) is 2.79. The molecule has 0 fully saturated rings. The first-order valence-corrected chi connectivity index (χ1v) is 6.11. The van der Waals surface area contributed by atoms with Crippen molar-refractivity contribution in [2.45, 2.75) is 6.92 Å². The maximum absolute atomic E-state index is 6.23. The van der Waals surface area contributed by atoms with E-state index in [4.69, 9.17) is 16.0 Å². The molecule has 1 aromatic heterocycles. The molecule has 0 aliphatic rings. The van der Waals surface area contributed by atoms with E-state index in [1.807, 2.05) is 37.3 Å². The zero-order valence-corrected chi connectivity index (χ0v) is 10.9. The largest absolute Gasteiger partial charge is 0.455 e. The van der Waals surface area contributed by atoms with Gasteiger partial charge in [-0.1, -0.05) is 29.8 Å². The van der Waals surface area contributed by atoms with Crippen molar-refractivity contribution in [1.82, 2.24) is 0 Å². The Balaban J connectivity index is 2.66. The number of para-hydroxylation sites is 1. The lowest BCUT2D eigenvalue weighted by atomic mass is 10.1. The third-order valence-corrected chi connectivity index (χ3v) is 3.68. The lowest BCUT2D eigenvalue weighted by molar-refractivity contribution is 0.663. The minimum Gasteiger partial charge on any atom is -0.455 e. The molecule has 3 heteroatoms. The topological polar surface area (TPSA) is 13.1 Å². The fourth-order valence-corrected chi connectivity index (χ4v) is 2.65. The molecule has 80 valence electrons. The quantitative estimate of drug-likeness (QED) is 0.548. The molecule has 1 nitrogen and oxygen atoms in total. The van der Waals surface area contributed by atoms with Crippen LogP contribution in [0.5, 0.6) is 0 Å². The predicted octanol–water partition coefficient (Wildman–Crippen LogP) is 5.31. The maximum atomic E-state index is 6.23. The molecule has 0 bridgehead atoms. The first-order chi connectivity index (χ1) is 7.68. The van der Waals surface area contributed by atoms with E-state index in [1.54, 1.807) is 0 Å². The number of aryl methyl sites for hydroxylation is 1. The average Bonchev–Trinajstić information content (AvgIpc) is 2.66. The standard InChI is InChI=1S/C13H8BrClO/c1-7-5-6-10(15)11-8-3-2-4-9(14)13(8)16-12(7)11/h2-6H,1H3. The maximum Gasteiger partial charge on any atom is 0.149 e. The van der Waals surface area contributed by atoms with Gasteiger partial charge in [0, 0.05) is 10.8 Å². The van der Waals surface area contributed by atoms with Crippen molar-refractivity contribution < 1.29 is 4.42 Å². The first kappa shape index (κ1) is 10.2. The Morgan fingerprint density at radius 2 is 1.94 bits per heavy atom. The van der Waals surface area contributed by atoms with Gasteiger partial charge in [-0.3, -0.25) is 0 Å². The molecule has 0 aliphatic carbocycles. The van der Waals surface area contributed by atoms with Crippen LogP contribution in [0.1, 0.15) is 5.56 Å². The van der Waals surface area contributed by atoms with Crippen LogP contribution >= 0.6 is 27.5 Å². The monoisotopic (exact) mass is 294 g/mol. The van der Waals surface area contributed by atoms with Crippen molar-refractivity contribution in [3.8, 4) is 0 Å². The van der Waals surface area contributed by atoms with Gasteiger partial charge in [0.05, 0.1) is 9.50 Å². The van der Waals surface area contributed by atoms with Crippen molar-refractivity contribution in [3.63, 3.8) is 0 Å². The fraction of sp³-hybridized carbons (Fsp3) is 0.0769. The van der Waals surface area contributed by atoms with Gasteiger partial charge >= 0.3 is 0 Å². The van der Waals surface area contributed by atoms with Gasteiger partial charge in [-0.05, 0) is 40.5 Å². The Hall–Kier alpha value is -0.990. The molecule has 3 aromatic rings. The molecule has 16 heavy (non-hydrogen) atoms. The molecule has 0 spiro atoms. The van der Waals surface area contributed by atoms with Crippen LogP contribution in [0.4, 0.5) is 0 Å². The van der Waals surface area contributed by atoms with Crippen LogP contribution in [0.3, 0.4) is 0 Å². The van der Waals surface area contributed by atoms with E-state index < -0.39 is 0 Å². The second-order valence-corrected chi connectivity index (χ2v) is 5.05. The Morgan fingerprint density at radius 1 is 1.12 bits per heavy atom. The number of furan rings is 1. The highest BCUT2D eigenvalue weighted by molar-refractivity contribution is 9.10. The highest BCUT2D eigenvalue weighted by Crippen LogP contribution is 2.38. The van der Waals surface area contributed by atoms with Gasteiger partial charge in [-0.25, -0.2) is 0 Å². The van der Waals surface area contributed by atoms with E-state index in [1.165, 1.54) is 0 Å². The fourth-order valence-electron chi connectivity index (χ4n) is 1.96. The number of benzene rings is 2. The molecule has 0 radical (unpaired) electrons. The van der Waals surface area contributed by atoms with Crippen LogP contribution in [0.15, 0.2) is 39.2 Å². The number of halogens is 2. The van der Waals surface area contributed by atoms with Gasteiger partial charge in [-0.15, -0.1) is 0 Å². The molecule has 0 amide bonds. The normalized spacial score (nSPS) is 11.4. The molecular weight excluding hydrogens is 287 g/mol. The number of hydrogen-bond donors (Lipinski definition) is 0. The highest BCUT2D eigenvalue weighted by atomic mass is 79.9. The molecule has 0 saturated heterocycles. The molecule has 0 saturated carbocycles. The Labute approximate surface area is 106 Å². The van der Waals surface area contributed by atoms with Crippen molar-refractivity contribution in [1.29, 1.82) is 0 Å². The van der Waals surface area contributed by atoms with E-state index >= 15 is 0 Å². The van der Waals surface area contributed by atoms with Crippen LogP contribution < -0.4 is 0 Å². The summed E-state index contributed by atoms with van der Waals surface area (Å²) in [5.74, 6) is 0. The van der Waals surface area contributed by atoms with Crippen molar-refractivity contribution in [2.75, 3.05) is 0 Å². The summed E-state index contributed by atoms with van der Waals surface area (Å²) in [6, 6.07) is 9.86. The Kier molecular flexibility index (Phi) is 2.23. The van der Waals surface area contributed by atoms with Crippen LogP contribution in [0, 0.1) is 6.92 Å². The summed E-state index contributed by atoms with van der Waals surface area (Å²) in [6.07, 6.45) is 0. The van der Waals surface area contributed by atoms with Crippen molar-refractivity contribution in [3.05, 3.63) is 45.4 Å². The first-order valence-electron chi connectivity index (χ1n) is 4.94. The Bertz CT molecular complexity index is 700. The average molecular weight is 296 g/mol. The smallest absolute Gasteiger partial charge is 0.149 e. The van der Waals surface area contributed by atoms with Crippen LogP contribution in [-0.2, 0) is 0 Å². The molecule has 1 heterocycles. The minimum absolute atomic E-state index is 0.734. The lowest BCUT2D eigenvalue weighted by Gasteiger charge is -1.96. The van der Waals surface area contributed by atoms with Crippen molar-refractivity contribution >= 4 is 49.5 Å². The summed E-state index contributed by atoms with van der Waals surface area (Å²) < 4.78 is 6.82.